The van der Waals surface area contributed by atoms with Crippen LogP contribution in [0.2, 0.25) is 0 Å². The second kappa shape index (κ2) is 12.3. The molecular formula is C30H28F6N4O5S. The number of nitrogens with zero attached hydrogens (tertiary/aromatic N) is 4. The number of benzene rings is 2. The summed E-state index contributed by atoms with van der Waals surface area (Å²) in [6.07, 6.45) is -7.67. The highest BCUT2D eigenvalue weighted by Crippen LogP contribution is 2.38. The van der Waals surface area contributed by atoms with Gasteiger partial charge < -0.3 is 9.47 Å². The lowest BCUT2D eigenvalue weighted by atomic mass is 10.0. The van der Waals surface area contributed by atoms with E-state index in [0.717, 1.165) is 22.7 Å². The number of amides is 3. The number of thioether (sulfide) groups is 1. The summed E-state index contributed by atoms with van der Waals surface area (Å²) in [5.41, 5.74) is -3.05. The number of imide groups is 1. The molecule has 3 aromatic rings. The highest BCUT2D eigenvalue weighted by atomic mass is 32.2. The van der Waals surface area contributed by atoms with Gasteiger partial charge in [0.2, 0.25) is 0 Å². The number of morpholine rings is 1. The Bertz CT molecular complexity index is 1710. The van der Waals surface area contributed by atoms with Gasteiger partial charge in [0.25, 0.3) is 11.1 Å². The van der Waals surface area contributed by atoms with E-state index < -0.39 is 64.5 Å². The highest BCUT2D eigenvalue weighted by molar-refractivity contribution is 8.18. The molecule has 2 aliphatic heterocycles. The molecule has 9 nitrogen and oxygen atoms in total. The Morgan fingerprint density at radius 1 is 1.07 bits per heavy atom. The van der Waals surface area contributed by atoms with Crippen LogP contribution in [0.3, 0.4) is 0 Å². The molecule has 3 heterocycles. The van der Waals surface area contributed by atoms with Crippen molar-refractivity contribution >= 4 is 46.0 Å². The molecule has 2 aliphatic rings. The molecule has 246 valence electrons. The average molecular weight is 671 g/mol. The van der Waals surface area contributed by atoms with Gasteiger partial charge >= 0.3 is 18.4 Å². The highest BCUT2D eigenvalue weighted by Gasteiger charge is 2.41. The standard InChI is InChI=1S/C30H28F6N4O5S/c1-28(2,3)45-26(42)38-8-9-44-16-21(38)15-39-25(41)24(46-27(39)43)11-17-4-7-23-19(10-17)13-37-40(23)14-18-5-6-20(29(31,32)33)12-22(18)30(34,35)36/h4-7,10-13,21H,8-9,14-16H2,1-3H3/t21-/m1/s1. The molecule has 3 amide bonds. The number of hydrogen-bond donors (Lipinski definition) is 0. The minimum atomic E-state index is -5.02. The number of aromatic nitrogens is 2. The summed E-state index contributed by atoms with van der Waals surface area (Å²) < 4.78 is 92.3. The molecule has 2 aromatic carbocycles. The predicted molar refractivity (Wildman–Crippen MR) is 156 cm³/mol. The SMILES string of the molecule is CC(C)(C)OC(=O)N1CCOC[C@H]1CN1C(=O)SC(=Cc2ccc3c(cnn3Cc3ccc(C(F)(F)F)cc3C(F)(F)F)c2)C1=O. The molecule has 1 aromatic heterocycles. The van der Waals surface area contributed by atoms with E-state index >= 15 is 0 Å². The summed E-state index contributed by atoms with van der Waals surface area (Å²) in [6.45, 7) is 5.27. The Labute approximate surface area is 263 Å². The van der Waals surface area contributed by atoms with E-state index in [1.54, 1.807) is 39.0 Å². The van der Waals surface area contributed by atoms with Gasteiger partial charge in [-0.2, -0.15) is 31.4 Å². The van der Waals surface area contributed by atoms with Gasteiger partial charge in [-0.05, 0) is 74.0 Å². The number of halogens is 6. The lowest BCUT2D eigenvalue weighted by Gasteiger charge is -2.37. The van der Waals surface area contributed by atoms with Crippen molar-refractivity contribution < 1.29 is 50.2 Å². The summed E-state index contributed by atoms with van der Waals surface area (Å²) >= 11 is 0.719. The second-order valence-corrected chi connectivity index (χ2v) is 12.7. The van der Waals surface area contributed by atoms with E-state index in [1.807, 2.05) is 0 Å². The van der Waals surface area contributed by atoms with Crippen LogP contribution in [0.15, 0.2) is 47.5 Å². The van der Waals surface area contributed by atoms with Crippen LogP contribution in [-0.4, -0.2) is 74.8 Å². The minimum absolute atomic E-state index is 0.0858. The number of fused-ring (bicyclic) bond motifs is 1. The van der Waals surface area contributed by atoms with Crippen LogP contribution >= 0.6 is 11.8 Å². The number of rotatable bonds is 5. The normalized spacial score (nSPS) is 19.1. The number of hydrogen-bond acceptors (Lipinski definition) is 7. The molecule has 2 fully saturated rings. The van der Waals surface area contributed by atoms with Crippen molar-refractivity contribution in [3.8, 4) is 0 Å². The topological polar surface area (TPSA) is 94.0 Å². The molecule has 2 saturated heterocycles. The summed E-state index contributed by atoms with van der Waals surface area (Å²) in [4.78, 5) is 41.4. The number of carbonyl (C=O) groups is 3. The lowest BCUT2D eigenvalue weighted by molar-refractivity contribution is -0.143. The molecular weight excluding hydrogens is 642 g/mol. The Morgan fingerprint density at radius 3 is 2.48 bits per heavy atom. The van der Waals surface area contributed by atoms with Gasteiger partial charge in [0.15, 0.2) is 0 Å². The number of carbonyl (C=O) groups excluding carboxylic acids is 3. The van der Waals surface area contributed by atoms with Crippen molar-refractivity contribution in [2.75, 3.05) is 26.3 Å². The number of ether oxygens (including phenoxy) is 2. The summed E-state index contributed by atoms with van der Waals surface area (Å²) in [5, 5.41) is 4.08. The Hall–Kier alpha value is -4.05. The fourth-order valence-corrected chi connectivity index (χ4v) is 5.87. The smallest absolute Gasteiger partial charge is 0.416 e. The fraction of sp³-hybridized carbons (Fsp3) is 0.400. The zero-order chi connectivity index (χ0) is 33.6. The van der Waals surface area contributed by atoms with Crippen LogP contribution in [0.4, 0.5) is 35.9 Å². The molecule has 1 atom stereocenters. The first-order chi connectivity index (χ1) is 21.4. The molecule has 0 saturated carbocycles. The van der Waals surface area contributed by atoms with Gasteiger partial charge in [-0.15, -0.1) is 0 Å². The van der Waals surface area contributed by atoms with Crippen LogP contribution in [-0.2, 0) is 33.2 Å². The molecule has 46 heavy (non-hydrogen) atoms. The molecule has 0 bridgehead atoms. The van der Waals surface area contributed by atoms with Gasteiger partial charge in [0.1, 0.15) is 5.60 Å². The van der Waals surface area contributed by atoms with Crippen molar-refractivity contribution in [2.24, 2.45) is 0 Å². The van der Waals surface area contributed by atoms with Gasteiger partial charge in [0.05, 0.1) is 60.1 Å². The van der Waals surface area contributed by atoms with Crippen molar-refractivity contribution in [1.82, 2.24) is 19.6 Å². The maximum atomic E-state index is 13.6. The van der Waals surface area contributed by atoms with Crippen LogP contribution in [0, 0.1) is 0 Å². The van der Waals surface area contributed by atoms with Gasteiger partial charge in [-0.25, -0.2) is 4.79 Å². The quantitative estimate of drug-likeness (QED) is 0.218. The van der Waals surface area contributed by atoms with E-state index in [2.05, 4.69) is 5.10 Å². The molecule has 0 spiro atoms. The Morgan fingerprint density at radius 2 is 1.80 bits per heavy atom. The first kappa shape index (κ1) is 33.3. The van der Waals surface area contributed by atoms with E-state index in [1.165, 1.54) is 21.9 Å². The monoisotopic (exact) mass is 670 g/mol. The summed E-state index contributed by atoms with van der Waals surface area (Å²) in [5.74, 6) is -0.567. The van der Waals surface area contributed by atoms with E-state index in [4.69, 9.17) is 9.47 Å². The van der Waals surface area contributed by atoms with Crippen molar-refractivity contribution in [3.05, 3.63) is 69.8 Å². The molecule has 5 rings (SSSR count). The van der Waals surface area contributed by atoms with Crippen LogP contribution in [0.5, 0.6) is 0 Å². The molecule has 16 heteroatoms. The first-order valence-electron chi connectivity index (χ1n) is 14.0. The molecule has 0 N–H and O–H groups in total. The number of alkyl halides is 6. The van der Waals surface area contributed by atoms with E-state index in [9.17, 15) is 40.7 Å². The third-order valence-corrected chi connectivity index (χ3v) is 8.06. The largest absolute Gasteiger partial charge is 0.444 e. The van der Waals surface area contributed by atoms with E-state index in [0.29, 0.717) is 22.5 Å². The van der Waals surface area contributed by atoms with E-state index in [-0.39, 0.29) is 37.3 Å². The Balaban J connectivity index is 1.33. The zero-order valence-electron chi connectivity index (χ0n) is 24.7. The zero-order valence-corrected chi connectivity index (χ0v) is 25.6. The maximum absolute atomic E-state index is 13.6. The first-order valence-corrected chi connectivity index (χ1v) is 14.8. The van der Waals surface area contributed by atoms with Crippen LogP contribution < -0.4 is 0 Å². The van der Waals surface area contributed by atoms with Crippen molar-refractivity contribution in [3.63, 3.8) is 0 Å². The third kappa shape index (κ3) is 7.33. The fourth-order valence-electron chi connectivity index (χ4n) is 5.02. The van der Waals surface area contributed by atoms with Gasteiger partial charge in [0, 0.05) is 11.9 Å². The third-order valence-electron chi connectivity index (χ3n) is 7.15. The summed E-state index contributed by atoms with van der Waals surface area (Å²) in [7, 11) is 0. The van der Waals surface area contributed by atoms with Gasteiger partial charge in [-0.1, -0.05) is 12.1 Å². The minimum Gasteiger partial charge on any atom is -0.444 e. The van der Waals surface area contributed by atoms with Crippen LogP contribution in [0.1, 0.15) is 43.0 Å². The summed E-state index contributed by atoms with van der Waals surface area (Å²) in [6, 6.07) is 5.60. The Kier molecular flexibility index (Phi) is 8.90. The maximum Gasteiger partial charge on any atom is 0.416 e. The lowest BCUT2D eigenvalue weighted by Crippen LogP contribution is -2.55. The molecule has 0 aliphatic carbocycles. The molecule has 0 unspecified atom stereocenters. The van der Waals surface area contributed by atoms with Crippen molar-refractivity contribution in [1.29, 1.82) is 0 Å². The molecule has 0 radical (unpaired) electrons. The average Bonchev–Trinajstić information content (AvgIpc) is 3.46. The van der Waals surface area contributed by atoms with Crippen molar-refractivity contribution in [2.45, 2.75) is 51.3 Å². The van der Waals surface area contributed by atoms with Gasteiger partial charge in [-0.3, -0.25) is 24.1 Å². The van der Waals surface area contributed by atoms with Crippen LogP contribution in [0.25, 0.3) is 17.0 Å². The second-order valence-electron chi connectivity index (χ2n) is 11.7. The predicted octanol–water partition coefficient (Wildman–Crippen LogP) is 6.79.